The van der Waals surface area contributed by atoms with E-state index in [0.29, 0.717) is 32.9 Å². The smallest absolute Gasteiger partial charge is 0.261 e. The average molecular weight is 469 g/mol. The van der Waals surface area contributed by atoms with E-state index in [1.807, 2.05) is 68.4 Å². The predicted molar refractivity (Wildman–Crippen MR) is 138 cm³/mol. The molecular formula is C26H21ClN6O. The Bertz CT molecular complexity index is 1600. The van der Waals surface area contributed by atoms with Crippen molar-refractivity contribution in [3.63, 3.8) is 0 Å². The molecule has 2 heterocycles. The highest BCUT2D eigenvalue weighted by Crippen LogP contribution is 2.29. The third-order valence-electron chi connectivity index (χ3n) is 5.51. The molecule has 0 spiro atoms. The first-order chi connectivity index (χ1) is 16.4. The highest BCUT2D eigenvalue weighted by Gasteiger charge is 2.24. The van der Waals surface area contributed by atoms with Gasteiger partial charge in [0, 0.05) is 10.7 Å². The van der Waals surface area contributed by atoms with Gasteiger partial charge >= 0.3 is 0 Å². The summed E-state index contributed by atoms with van der Waals surface area (Å²) in [7, 11) is 0. The van der Waals surface area contributed by atoms with Crippen LogP contribution in [0.1, 0.15) is 27.0 Å². The van der Waals surface area contributed by atoms with Gasteiger partial charge in [-0.25, -0.2) is 9.97 Å². The Kier molecular flexibility index (Phi) is 5.47. The lowest BCUT2D eigenvalue weighted by atomic mass is 10.1. The molecule has 3 N–H and O–H groups in total. The lowest BCUT2D eigenvalue weighted by Crippen LogP contribution is -2.15. The fraction of sp³-hybridized carbons (Fsp3) is 0.0769. The molecule has 0 aliphatic heterocycles. The summed E-state index contributed by atoms with van der Waals surface area (Å²) >= 11 is 6.10. The first-order valence-corrected chi connectivity index (χ1v) is 11.0. The van der Waals surface area contributed by atoms with Crippen LogP contribution in [0.15, 0.2) is 71.8 Å². The third-order valence-corrected chi connectivity index (χ3v) is 5.75. The third kappa shape index (κ3) is 3.97. The minimum atomic E-state index is -0.377. The number of carbonyl (C=O) groups is 1. The molecule has 0 radical (unpaired) electrons. The van der Waals surface area contributed by atoms with Gasteiger partial charge < -0.3 is 11.1 Å². The molecule has 0 fully saturated rings. The van der Waals surface area contributed by atoms with Crippen LogP contribution in [0, 0.1) is 13.8 Å². The number of aryl methyl sites for hydroxylation is 2. The Morgan fingerprint density at radius 3 is 2.56 bits per heavy atom. The van der Waals surface area contributed by atoms with E-state index >= 15 is 0 Å². The van der Waals surface area contributed by atoms with Gasteiger partial charge in [0.15, 0.2) is 5.65 Å². The Hall–Kier alpha value is -4.23. The van der Waals surface area contributed by atoms with E-state index in [1.165, 1.54) is 4.68 Å². The molecule has 0 aliphatic rings. The fourth-order valence-corrected chi connectivity index (χ4v) is 3.95. The largest absolute Gasteiger partial charge is 0.383 e. The number of fused-ring (bicyclic) bond motifs is 2. The zero-order valence-corrected chi connectivity index (χ0v) is 19.3. The van der Waals surface area contributed by atoms with Gasteiger partial charge in [0.2, 0.25) is 0 Å². The van der Waals surface area contributed by atoms with Crippen LogP contribution < -0.4 is 11.1 Å². The van der Waals surface area contributed by atoms with E-state index in [1.54, 1.807) is 18.3 Å². The summed E-state index contributed by atoms with van der Waals surface area (Å²) in [5, 5.41) is 8.08. The van der Waals surface area contributed by atoms with Gasteiger partial charge in [0.25, 0.3) is 5.91 Å². The predicted octanol–water partition coefficient (Wildman–Crippen LogP) is 5.57. The number of para-hydroxylation sites is 2. The van der Waals surface area contributed by atoms with Crippen LogP contribution in [-0.2, 0) is 0 Å². The van der Waals surface area contributed by atoms with Crippen LogP contribution in [0.25, 0.3) is 22.2 Å². The lowest BCUT2D eigenvalue weighted by Gasteiger charge is -2.09. The van der Waals surface area contributed by atoms with Gasteiger partial charge in [-0.2, -0.15) is 9.78 Å². The molecule has 7 nitrogen and oxygen atoms in total. The summed E-state index contributed by atoms with van der Waals surface area (Å²) in [5.41, 5.74) is 12.3. The van der Waals surface area contributed by atoms with Crippen molar-refractivity contribution >= 4 is 57.4 Å². The molecule has 0 unspecified atom stereocenters. The Morgan fingerprint density at radius 2 is 1.79 bits per heavy atom. The topological polar surface area (TPSA) is 98.2 Å². The molecule has 2 aromatic heterocycles. The minimum absolute atomic E-state index is 0.145. The Morgan fingerprint density at radius 1 is 1.03 bits per heavy atom. The molecule has 168 valence electrons. The SMILES string of the molecule is Cc1ccc(C)c(NC(=O)c2c(N)n(/N=C\c3cccc(Cl)c3)c3nc4ccccc4nc23)c1. The summed E-state index contributed by atoms with van der Waals surface area (Å²) in [6, 6.07) is 20.6. The number of carbonyl (C=O) groups excluding carboxylic acids is 1. The van der Waals surface area contributed by atoms with Crippen LogP contribution in [0.5, 0.6) is 0 Å². The number of amides is 1. The number of anilines is 2. The number of rotatable bonds is 4. The number of benzene rings is 3. The van der Waals surface area contributed by atoms with E-state index in [0.717, 1.165) is 16.7 Å². The van der Waals surface area contributed by atoms with Crippen LogP contribution in [-0.4, -0.2) is 26.8 Å². The van der Waals surface area contributed by atoms with Crippen molar-refractivity contribution in [3.8, 4) is 0 Å². The summed E-state index contributed by atoms with van der Waals surface area (Å²) < 4.78 is 1.44. The van der Waals surface area contributed by atoms with Crippen molar-refractivity contribution in [2.24, 2.45) is 5.10 Å². The summed E-state index contributed by atoms with van der Waals surface area (Å²) in [4.78, 5) is 22.9. The number of hydrogen-bond acceptors (Lipinski definition) is 5. The van der Waals surface area contributed by atoms with Gasteiger partial charge in [-0.05, 0) is 60.9 Å². The maximum Gasteiger partial charge on any atom is 0.261 e. The number of aromatic nitrogens is 3. The monoisotopic (exact) mass is 468 g/mol. The molecule has 34 heavy (non-hydrogen) atoms. The van der Waals surface area contributed by atoms with Crippen LogP contribution >= 0.6 is 11.6 Å². The first kappa shape index (κ1) is 21.6. The maximum atomic E-state index is 13.4. The molecule has 0 saturated carbocycles. The Balaban J connectivity index is 1.67. The molecule has 3 aromatic carbocycles. The highest BCUT2D eigenvalue weighted by atomic mass is 35.5. The molecule has 5 rings (SSSR count). The van der Waals surface area contributed by atoms with Gasteiger partial charge in [-0.3, -0.25) is 4.79 Å². The standard InChI is InChI=1S/C26H21ClN6O/c1-15-10-11-16(2)21(12-15)32-26(34)22-23-25(31-20-9-4-3-8-19(20)30-23)33(24(22)28)29-14-17-6-5-7-18(27)13-17/h3-14H,28H2,1-2H3,(H,32,34)/b29-14-. The number of hydrogen-bond donors (Lipinski definition) is 2. The van der Waals surface area contributed by atoms with E-state index in [4.69, 9.17) is 27.3 Å². The lowest BCUT2D eigenvalue weighted by molar-refractivity contribution is 0.102. The van der Waals surface area contributed by atoms with Crippen molar-refractivity contribution in [3.05, 3.63) is 94.0 Å². The first-order valence-electron chi connectivity index (χ1n) is 10.7. The number of nitrogens with two attached hydrogens (primary N) is 1. The molecule has 1 amide bonds. The molecule has 0 saturated heterocycles. The van der Waals surface area contributed by atoms with Crippen LogP contribution in [0.4, 0.5) is 11.5 Å². The molecule has 0 atom stereocenters. The van der Waals surface area contributed by atoms with E-state index in [-0.39, 0.29) is 17.3 Å². The average Bonchev–Trinajstić information content (AvgIpc) is 3.08. The molecular weight excluding hydrogens is 448 g/mol. The molecule has 0 bridgehead atoms. The number of nitrogens with zero attached hydrogens (tertiary/aromatic N) is 4. The second kappa shape index (κ2) is 8.61. The maximum absolute atomic E-state index is 13.4. The second-order valence-corrected chi connectivity index (χ2v) is 8.47. The second-order valence-electron chi connectivity index (χ2n) is 8.03. The van der Waals surface area contributed by atoms with Crippen molar-refractivity contribution in [1.82, 2.24) is 14.6 Å². The van der Waals surface area contributed by atoms with Gasteiger partial charge in [0.05, 0.1) is 17.2 Å². The van der Waals surface area contributed by atoms with Crippen molar-refractivity contribution in [2.75, 3.05) is 11.1 Å². The van der Waals surface area contributed by atoms with E-state index in [2.05, 4.69) is 10.4 Å². The number of halogens is 1. The van der Waals surface area contributed by atoms with Crippen molar-refractivity contribution < 1.29 is 4.79 Å². The number of nitrogen functional groups attached to an aromatic ring is 1. The van der Waals surface area contributed by atoms with Gasteiger partial charge in [-0.1, -0.05) is 48.0 Å². The van der Waals surface area contributed by atoms with E-state index < -0.39 is 0 Å². The summed E-state index contributed by atoms with van der Waals surface area (Å²) in [5.74, 6) is -0.233. The van der Waals surface area contributed by atoms with Gasteiger partial charge in [0.1, 0.15) is 16.9 Å². The zero-order chi connectivity index (χ0) is 23.8. The fourth-order valence-electron chi connectivity index (χ4n) is 3.75. The summed E-state index contributed by atoms with van der Waals surface area (Å²) in [6.45, 7) is 3.90. The van der Waals surface area contributed by atoms with Crippen LogP contribution in [0.2, 0.25) is 5.02 Å². The normalized spacial score (nSPS) is 11.5. The molecule has 8 heteroatoms. The van der Waals surface area contributed by atoms with E-state index in [9.17, 15) is 4.79 Å². The number of nitrogens with one attached hydrogen (secondary N) is 1. The van der Waals surface area contributed by atoms with Crippen LogP contribution in [0.3, 0.4) is 0 Å². The Labute approximate surface area is 200 Å². The van der Waals surface area contributed by atoms with Gasteiger partial charge in [-0.15, -0.1) is 0 Å². The van der Waals surface area contributed by atoms with Crippen molar-refractivity contribution in [1.29, 1.82) is 0 Å². The molecule has 5 aromatic rings. The quantitative estimate of drug-likeness (QED) is 0.337. The van der Waals surface area contributed by atoms with Crippen molar-refractivity contribution in [2.45, 2.75) is 13.8 Å². The minimum Gasteiger partial charge on any atom is -0.383 e. The summed E-state index contributed by atoms with van der Waals surface area (Å²) in [6.07, 6.45) is 1.62. The molecule has 0 aliphatic carbocycles. The highest BCUT2D eigenvalue weighted by molar-refractivity contribution is 6.30. The zero-order valence-electron chi connectivity index (χ0n) is 18.6.